The number of hydrogen-bond donors (Lipinski definition) is 0. The number of pyridine rings is 2. The number of rotatable bonds is 4. The van der Waals surface area contributed by atoms with Crippen molar-refractivity contribution in [1.29, 1.82) is 0 Å². The van der Waals surface area contributed by atoms with E-state index in [-0.39, 0.29) is 25.5 Å². The molecule has 7 rings (SSSR count). The quantitative estimate of drug-likeness (QED) is 0.154. The molecule has 1 radical (unpaired) electrons. The van der Waals surface area contributed by atoms with Crippen molar-refractivity contribution >= 4 is 27.4 Å². The summed E-state index contributed by atoms with van der Waals surface area (Å²) in [6.07, 6.45) is 19.3. The maximum Gasteiger partial charge on any atom is 0.0502 e. The van der Waals surface area contributed by atoms with Gasteiger partial charge < -0.3 is 5.32 Å². The zero-order chi connectivity index (χ0) is 30.0. The van der Waals surface area contributed by atoms with Gasteiger partial charge in [0.1, 0.15) is 0 Å². The van der Waals surface area contributed by atoms with Crippen molar-refractivity contribution < 1.29 is 20.1 Å². The standard InChI is InChI=1S/C22H17N2.C17H29N2.Ir/c1-13-9-15-6-8-24-21-16-11-14-5-4-7-23-19(14)12-17(16)22(2,3)18(10-13)20(15)21;1-14(18-16-9-5-3-6-10-16)13-15(2)19-17-11-7-4-8-12-17;/h4-10,12H,1-3H3;13,16-17H,3-12H2,1-2H3;/q2*-1;/b;14-13-,19-15?;. The maximum atomic E-state index is 4.85. The van der Waals surface area contributed by atoms with Crippen LogP contribution in [0.1, 0.15) is 109 Å². The maximum absolute atomic E-state index is 4.85. The Balaban J connectivity index is 0.000000176. The van der Waals surface area contributed by atoms with Gasteiger partial charge in [0.2, 0.25) is 0 Å². The molecule has 2 fully saturated rings. The first kappa shape index (κ1) is 32.5. The summed E-state index contributed by atoms with van der Waals surface area (Å²) in [4.78, 5) is 14.1. The SMILES string of the molecule is CC(/C=C(/C)[N-]C1CCCCC1)=NC1CCCCC1.Cc1cc2c3c(nccc3c1)-c1[c-]c3cccnc3cc1C2(C)C.[Ir]. The van der Waals surface area contributed by atoms with Crippen molar-refractivity contribution in [2.24, 2.45) is 4.99 Å². The van der Waals surface area contributed by atoms with Gasteiger partial charge in [-0.25, -0.2) is 0 Å². The molecule has 0 spiro atoms. The monoisotopic (exact) mass is 763 g/mol. The zero-order valence-corrected chi connectivity index (χ0v) is 29.4. The number of fused-ring (bicyclic) bond motifs is 3. The number of aliphatic imine (C=N–C) groups is 1. The summed E-state index contributed by atoms with van der Waals surface area (Å²) in [6.45, 7) is 11.0. The number of aryl methyl sites for hydroxylation is 1. The molecule has 2 aromatic carbocycles. The molecule has 3 aliphatic carbocycles. The van der Waals surface area contributed by atoms with Gasteiger partial charge in [-0.1, -0.05) is 125 Å². The Kier molecular flexibility index (Phi) is 10.4. The number of allylic oxidation sites excluding steroid dienone is 2. The summed E-state index contributed by atoms with van der Waals surface area (Å²) in [5.74, 6) is 0. The summed E-state index contributed by atoms with van der Waals surface area (Å²) >= 11 is 0. The molecule has 4 nitrogen and oxygen atoms in total. The van der Waals surface area contributed by atoms with Crippen LogP contribution in [0.5, 0.6) is 0 Å². The number of aromatic nitrogens is 2. The first-order valence-electron chi connectivity index (χ1n) is 16.4. The van der Waals surface area contributed by atoms with Crippen LogP contribution in [0.25, 0.3) is 38.2 Å². The molecular formula is C39H46IrN4-2. The smallest absolute Gasteiger partial charge is 0.0502 e. The summed E-state index contributed by atoms with van der Waals surface area (Å²) in [6, 6.07) is 17.7. The third-order valence-electron chi connectivity index (χ3n) is 9.58. The van der Waals surface area contributed by atoms with Gasteiger partial charge in [0.15, 0.2) is 0 Å². The average molecular weight is 763 g/mol. The first-order valence-corrected chi connectivity index (χ1v) is 16.4. The molecule has 0 saturated heterocycles. The van der Waals surface area contributed by atoms with E-state index in [4.69, 9.17) is 15.3 Å². The van der Waals surface area contributed by atoms with E-state index in [9.17, 15) is 0 Å². The minimum atomic E-state index is -0.0994. The van der Waals surface area contributed by atoms with E-state index in [1.54, 1.807) is 0 Å². The molecule has 2 saturated carbocycles. The Morgan fingerprint density at radius 3 is 2.39 bits per heavy atom. The van der Waals surface area contributed by atoms with Crippen LogP contribution >= 0.6 is 0 Å². The van der Waals surface area contributed by atoms with Crippen LogP contribution in [-0.2, 0) is 25.5 Å². The van der Waals surface area contributed by atoms with Crippen molar-refractivity contribution in [3.63, 3.8) is 0 Å². The molecular weight excluding hydrogens is 717 g/mol. The second-order valence-corrected chi connectivity index (χ2v) is 13.5. The molecule has 2 aromatic heterocycles. The van der Waals surface area contributed by atoms with Gasteiger partial charge in [-0.15, -0.1) is 18.2 Å². The molecule has 3 aliphatic rings. The van der Waals surface area contributed by atoms with Gasteiger partial charge in [-0.2, -0.15) is 5.70 Å². The summed E-state index contributed by atoms with van der Waals surface area (Å²) in [7, 11) is 0. The topological polar surface area (TPSA) is 52.2 Å². The van der Waals surface area contributed by atoms with E-state index in [0.717, 1.165) is 22.2 Å². The van der Waals surface area contributed by atoms with E-state index in [1.165, 1.54) is 103 Å². The molecule has 44 heavy (non-hydrogen) atoms. The van der Waals surface area contributed by atoms with E-state index in [2.05, 4.69) is 82.1 Å². The van der Waals surface area contributed by atoms with Gasteiger partial charge in [-0.05, 0) is 60.0 Å². The fourth-order valence-corrected chi connectivity index (χ4v) is 7.40. The van der Waals surface area contributed by atoms with E-state index >= 15 is 0 Å². The van der Waals surface area contributed by atoms with Gasteiger partial charge in [-0.3, -0.25) is 15.0 Å². The van der Waals surface area contributed by atoms with Crippen LogP contribution in [0.15, 0.2) is 65.6 Å². The Labute approximate surface area is 277 Å². The molecule has 0 atom stereocenters. The van der Waals surface area contributed by atoms with Crippen molar-refractivity contribution in [2.75, 3.05) is 0 Å². The molecule has 233 valence electrons. The van der Waals surface area contributed by atoms with Crippen molar-refractivity contribution in [3.05, 3.63) is 88.6 Å². The number of hydrogen-bond acceptors (Lipinski definition) is 3. The van der Waals surface area contributed by atoms with Gasteiger partial charge >= 0.3 is 0 Å². The Bertz CT molecular complexity index is 1670. The van der Waals surface area contributed by atoms with Crippen LogP contribution in [0.4, 0.5) is 0 Å². The van der Waals surface area contributed by atoms with Crippen LogP contribution < -0.4 is 0 Å². The van der Waals surface area contributed by atoms with E-state index in [1.807, 2.05) is 18.5 Å². The number of nitrogens with zero attached hydrogens (tertiary/aromatic N) is 4. The third-order valence-corrected chi connectivity index (χ3v) is 9.58. The predicted octanol–water partition coefficient (Wildman–Crippen LogP) is 10.6. The molecule has 5 heteroatoms. The van der Waals surface area contributed by atoms with E-state index in [0.29, 0.717) is 12.1 Å². The zero-order valence-electron chi connectivity index (χ0n) is 27.0. The molecule has 0 N–H and O–H groups in total. The van der Waals surface area contributed by atoms with E-state index < -0.39 is 0 Å². The molecule has 0 aliphatic heterocycles. The van der Waals surface area contributed by atoms with Crippen molar-refractivity contribution in [3.8, 4) is 11.3 Å². The number of benzene rings is 2. The molecule has 4 aromatic rings. The van der Waals surface area contributed by atoms with Crippen molar-refractivity contribution in [1.82, 2.24) is 9.97 Å². The van der Waals surface area contributed by atoms with Crippen LogP contribution in [0.3, 0.4) is 0 Å². The average Bonchev–Trinajstić information content (AvgIpc) is 3.00. The van der Waals surface area contributed by atoms with Crippen molar-refractivity contribution in [2.45, 2.75) is 116 Å². The largest absolute Gasteiger partial charge is 0.685 e. The molecule has 0 amide bonds. The molecule has 0 bridgehead atoms. The summed E-state index contributed by atoms with van der Waals surface area (Å²) in [5.41, 5.74) is 9.28. The first-order chi connectivity index (χ1) is 20.8. The fraction of sp³-hybridized carbons (Fsp3) is 0.462. The Morgan fingerprint density at radius 2 is 1.64 bits per heavy atom. The summed E-state index contributed by atoms with van der Waals surface area (Å²) < 4.78 is 0. The molecule has 2 heterocycles. The van der Waals surface area contributed by atoms with Crippen LogP contribution in [-0.4, -0.2) is 27.8 Å². The second-order valence-electron chi connectivity index (χ2n) is 13.5. The normalized spacial score (nSPS) is 18.7. The predicted molar refractivity (Wildman–Crippen MR) is 182 cm³/mol. The van der Waals surface area contributed by atoms with Gasteiger partial charge in [0.25, 0.3) is 0 Å². The Morgan fingerprint density at radius 1 is 0.909 bits per heavy atom. The Hall–Kier alpha value is -2.88. The van der Waals surface area contributed by atoms with Crippen LogP contribution in [0.2, 0.25) is 0 Å². The minimum absolute atomic E-state index is 0. The van der Waals surface area contributed by atoms with Gasteiger partial charge in [0, 0.05) is 43.9 Å². The third kappa shape index (κ3) is 7.00. The summed E-state index contributed by atoms with van der Waals surface area (Å²) in [5, 5.41) is 8.41. The second kappa shape index (κ2) is 14.0. The van der Waals surface area contributed by atoms with Crippen LogP contribution in [0, 0.1) is 13.0 Å². The van der Waals surface area contributed by atoms with Gasteiger partial charge in [0.05, 0.1) is 6.04 Å². The minimum Gasteiger partial charge on any atom is -0.685 e. The fourth-order valence-electron chi connectivity index (χ4n) is 7.40. The molecule has 0 unspecified atom stereocenters.